The van der Waals surface area contributed by atoms with Crippen molar-refractivity contribution in [2.75, 3.05) is 33.0 Å². The second-order valence-electron chi connectivity index (χ2n) is 8.74. The number of hydrogen-bond acceptors (Lipinski definition) is 6. The third-order valence-electron chi connectivity index (χ3n) is 6.22. The fraction of sp³-hybridized carbons (Fsp3) is 0.400. The number of nitrogens with zero attached hydrogens (tertiary/aromatic N) is 2. The van der Waals surface area contributed by atoms with E-state index in [-0.39, 0.29) is 5.63 Å². The fourth-order valence-electron chi connectivity index (χ4n) is 4.38. The molecule has 3 heterocycles. The first kappa shape index (κ1) is 20.1. The molecule has 3 aromatic rings. The zero-order valence-electron chi connectivity index (χ0n) is 18.1. The summed E-state index contributed by atoms with van der Waals surface area (Å²) in [5, 5.41) is 1.05. The minimum Gasteiger partial charge on any atom is -0.454 e. The van der Waals surface area contributed by atoms with E-state index in [2.05, 4.69) is 47.9 Å². The van der Waals surface area contributed by atoms with Crippen molar-refractivity contribution in [3.05, 3.63) is 69.6 Å². The van der Waals surface area contributed by atoms with Crippen LogP contribution in [-0.4, -0.2) is 42.8 Å². The second-order valence-corrected chi connectivity index (χ2v) is 8.74. The van der Waals surface area contributed by atoms with Crippen molar-refractivity contribution in [3.63, 3.8) is 0 Å². The highest BCUT2D eigenvalue weighted by atomic mass is 16.7. The van der Waals surface area contributed by atoms with Crippen LogP contribution in [0.15, 0.2) is 51.7 Å². The first-order chi connectivity index (χ1) is 15.0. The van der Waals surface area contributed by atoms with Gasteiger partial charge in [0, 0.05) is 50.7 Å². The van der Waals surface area contributed by atoms with Crippen LogP contribution >= 0.6 is 0 Å². The first-order valence-corrected chi connectivity index (χ1v) is 10.9. The summed E-state index contributed by atoms with van der Waals surface area (Å²) in [5.74, 6) is 2.10. The summed E-state index contributed by atoms with van der Waals surface area (Å²) in [7, 11) is 0. The molecule has 1 saturated heterocycles. The molecule has 5 rings (SSSR count). The van der Waals surface area contributed by atoms with Gasteiger partial charge in [0.15, 0.2) is 11.5 Å². The van der Waals surface area contributed by atoms with E-state index in [9.17, 15) is 4.79 Å². The van der Waals surface area contributed by atoms with E-state index >= 15 is 0 Å². The number of hydrogen-bond donors (Lipinski definition) is 0. The Morgan fingerprint density at radius 3 is 2.39 bits per heavy atom. The van der Waals surface area contributed by atoms with Crippen LogP contribution < -0.4 is 15.1 Å². The maximum Gasteiger partial charge on any atom is 0.336 e. The number of benzene rings is 2. The summed E-state index contributed by atoms with van der Waals surface area (Å²) >= 11 is 0. The molecule has 2 aromatic carbocycles. The standard InChI is InChI=1S/C25H28N2O4/c1-17(2)19-4-6-22-21(12-19)20(13-25(28)31-22)15-27-9-7-26(8-10-27)14-18-3-5-23-24(11-18)30-16-29-23/h3-6,11-13,17H,7-10,14-16H2,1-2H3. The van der Waals surface area contributed by atoms with Crippen LogP contribution in [0.3, 0.4) is 0 Å². The maximum atomic E-state index is 12.1. The van der Waals surface area contributed by atoms with Gasteiger partial charge in [-0.25, -0.2) is 4.79 Å². The minimum absolute atomic E-state index is 0.277. The lowest BCUT2D eigenvalue weighted by molar-refractivity contribution is 0.122. The van der Waals surface area contributed by atoms with Gasteiger partial charge in [-0.1, -0.05) is 26.0 Å². The van der Waals surface area contributed by atoms with E-state index in [4.69, 9.17) is 13.9 Å². The first-order valence-electron chi connectivity index (χ1n) is 10.9. The van der Waals surface area contributed by atoms with Gasteiger partial charge in [0.1, 0.15) is 5.58 Å². The van der Waals surface area contributed by atoms with Crippen LogP contribution in [0.4, 0.5) is 0 Å². The van der Waals surface area contributed by atoms with E-state index in [1.54, 1.807) is 6.07 Å². The highest BCUT2D eigenvalue weighted by Gasteiger charge is 2.20. The molecule has 2 aliphatic heterocycles. The van der Waals surface area contributed by atoms with Crippen LogP contribution in [-0.2, 0) is 13.1 Å². The molecule has 6 heteroatoms. The molecule has 162 valence electrons. The zero-order valence-corrected chi connectivity index (χ0v) is 18.1. The van der Waals surface area contributed by atoms with E-state index in [1.165, 1.54) is 11.1 Å². The summed E-state index contributed by atoms with van der Waals surface area (Å²) in [4.78, 5) is 17.0. The third kappa shape index (κ3) is 4.31. The summed E-state index contributed by atoms with van der Waals surface area (Å²) < 4.78 is 16.3. The molecule has 0 amide bonds. The Kier molecular flexibility index (Phi) is 5.42. The van der Waals surface area contributed by atoms with Crippen molar-refractivity contribution in [3.8, 4) is 11.5 Å². The van der Waals surface area contributed by atoms with Gasteiger partial charge in [-0.2, -0.15) is 0 Å². The van der Waals surface area contributed by atoms with Crippen LogP contribution in [0, 0.1) is 0 Å². The zero-order chi connectivity index (χ0) is 21.4. The van der Waals surface area contributed by atoms with Crippen molar-refractivity contribution >= 4 is 11.0 Å². The third-order valence-corrected chi connectivity index (χ3v) is 6.22. The van der Waals surface area contributed by atoms with E-state index in [1.807, 2.05) is 12.1 Å². The normalized spacial score (nSPS) is 17.0. The minimum atomic E-state index is -0.277. The molecule has 31 heavy (non-hydrogen) atoms. The van der Waals surface area contributed by atoms with Gasteiger partial charge in [0.2, 0.25) is 6.79 Å². The highest BCUT2D eigenvalue weighted by Crippen LogP contribution is 2.33. The molecule has 0 spiro atoms. The smallest absolute Gasteiger partial charge is 0.336 e. The van der Waals surface area contributed by atoms with Crippen LogP contribution in [0.25, 0.3) is 11.0 Å². The lowest BCUT2D eigenvalue weighted by Crippen LogP contribution is -2.45. The number of piperazine rings is 1. The van der Waals surface area contributed by atoms with Crippen LogP contribution in [0.5, 0.6) is 11.5 Å². The SMILES string of the molecule is CC(C)c1ccc2oc(=O)cc(CN3CCN(Cc4ccc5c(c4)OCO5)CC3)c2c1. The van der Waals surface area contributed by atoms with E-state index < -0.39 is 0 Å². The topological polar surface area (TPSA) is 55.2 Å². The lowest BCUT2D eigenvalue weighted by atomic mass is 9.99. The molecule has 1 aromatic heterocycles. The molecule has 1 fully saturated rings. The summed E-state index contributed by atoms with van der Waals surface area (Å²) in [6.45, 7) is 10.3. The molecule has 0 aliphatic carbocycles. The van der Waals surface area contributed by atoms with Crippen molar-refractivity contribution < 1.29 is 13.9 Å². The lowest BCUT2D eigenvalue weighted by Gasteiger charge is -2.34. The van der Waals surface area contributed by atoms with E-state index in [0.717, 1.165) is 61.7 Å². The van der Waals surface area contributed by atoms with E-state index in [0.29, 0.717) is 18.3 Å². The van der Waals surface area contributed by atoms with Gasteiger partial charge in [-0.15, -0.1) is 0 Å². The van der Waals surface area contributed by atoms with Crippen molar-refractivity contribution in [2.45, 2.75) is 32.9 Å². The van der Waals surface area contributed by atoms with Gasteiger partial charge in [0.05, 0.1) is 0 Å². The number of ether oxygens (including phenoxy) is 2. The molecule has 6 nitrogen and oxygen atoms in total. The predicted molar refractivity (Wildman–Crippen MR) is 120 cm³/mol. The van der Waals surface area contributed by atoms with Gasteiger partial charge in [-0.3, -0.25) is 9.80 Å². The predicted octanol–water partition coefficient (Wildman–Crippen LogP) is 3.96. The molecule has 0 bridgehead atoms. The summed E-state index contributed by atoms with van der Waals surface area (Å²) in [5.41, 5.74) is 3.95. The maximum absolute atomic E-state index is 12.1. The average Bonchev–Trinajstić information content (AvgIpc) is 3.22. The highest BCUT2D eigenvalue weighted by molar-refractivity contribution is 5.81. The monoisotopic (exact) mass is 420 g/mol. The summed E-state index contributed by atoms with van der Waals surface area (Å²) in [6, 6.07) is 14.0. The van der Waals surface area contributed by atoms with Gasteiger partial charge in [-0.05, 0) is 46.9 Å². The Morgan fingerprint density at radius 2 is 1.61 bits per heavy atom. The Labute approximate surface area is 182 Å². The largest absolute Gasteiger partial charge is 0.454 e. The molecule has 0 radical (unpaired) electrons. The summed E-state index contributed by atoms with van der Waals surface area (Å²) in [6.07, 6.45) is 0. The Balaban J connectivity index is 1.26. The van der Waals surface area contributed by atoms with Gasteiger partial charge in [0.25, 0.3) is 0 Å². The Morgan fingerprint density at radius 1 is 0.871 bits per heavy atom. The molecule has 0 unspecified atom stereocenters. The van der Waals surface area contributed by atoms with Gasteiger partial charge < -0.3 is 13.9 Å². The molecular weight excluding hydrogens is 392 g/mol. The molecule has 0 N–H and O–H groups in total. The fourth-order valence-corrected chi connectivity index (χ4v) is 4.38. The second kappa shape index (κ2) is 8.36. The van der Waals surface area contributed by atoms with Crippen molar-refractivity contribution in [1.29, 1.82) is 0 Å². The van der Waals surface area contributed by atoms with Crippen LogP contribution in [0.2, 0.25) is 0 Å². The van der Waals surface area contributed by atoms with Crippen molar-refractivity contribution in [1.82, 2.24) is 9.80 Å². The Hall–Kier alpha value is -2.83. The average molecular weight is 421 g/mol. The molecule has 0 saturated carbocycles. The molecule has 2 aliphatic rings. The molecule has 0 atom stereocenters. The Bertz CT molecular complexity index is 1150. The molecular formula is C25H28N2O4. The number of rotatable bonds is 5. The number of fused-ring (bicyclic) bond motifs is 2. The van der Waals surface area contributed by atoms with Crippen LogP contribution in [0.1, 0.15) is 36.5 Å². The van der Waals surface area contributed by atoms with Crippen molar-refractivity contribution in [2.24, 2.45) is 0 Å². The quantitative estimate of drug-likeness (QED) is 0.583. The van der Waals surface area contributed by atoms with Gasteiger partial charge >= 0.3 is 5.63 Å².